The van der Waals surface area contributed by atoms with E-state index in [-0.39, 0.29) is 29.7 Å². The van der Waals surface area contributed by atoms with Gasteiger partial charge < -0.3 is 15.0 Å². The van der Waals surface area contributed by atoms with Gasteiger partial charge in [-0.15, -0.1) is 0 Å². The van der Waals surface area contributed by atoms with Gasteiger partial charge in [0.1, 0.15) is 5.75 Å². The summed E-state index contributed by atoms with van der Waals surface area (Å²) in [6, 6.07) is 12.6. The van der Waals surface area contributed by atoms with E-state index in [1.54, 1.807) is 24.8 Å². The number of carbonyl (C=O) groups excluding carboxylic acids is 2. The van der Waals surface area contributed by atoms with E-state index in [2.05, 4.69) is 5.32 Å². The molecule has 2 aromatic carbocycles. The largest absolute Gasteiger partial charge is 0.482 e. The highest BCUT2D eigenvalue weighted by Crippen LogP contribution is 2.34. The summed E-state index contributed by atoms with van der Waals surface area (Å²) in [6.45, 7) is 5.86. The van der Waals surface area contributed by atoms with Gasteiger partial charge in [-0.2, -0.15) is 0 Å². The summed E-state index contributed by atoms with van der Waals surface area (Å²) in [5.74, 6) is -0.178. The van der Waals surface area contributed by atoms with Crippen LogP contribution in [0.3, 0.4) is 0 Å². The molecule has 0 radical (unpaired) electrons. The Morgan fingerprint density at radius 1 is 1.23 bits per heavy atom. The van der Waals surface area contributed by atoms with Crippen molar-refractivity contribution in [3.05, 3.63) is 53.6 Å². The zero-order valence-corrected chi connectivity index (χ0v) is 18.2. The van der Waals surface area contributed by atoms with Crippen molar-refractivity contribution >= 4 is 27.3 Å². The fourth-order valence-corrected chi connectivity index (χ4v) is 4.98. The summed E-state index contributed by atoms with van der Waals surface area (Å²) in [7, 11) is -3.77. The van der Waals surface area contributed by atoms with Crippen LogP contribution in [0.2, 0.25) is 0 Å². The second kappa shape index (κ2) is 8.87. The third-order valence-corrected chi connectivity index (χ3v) is 7.44. The Balaban J connectivity index is 1.77. The van der Waals surface area contributed by atoms with Crippen LogP contribution in [0.4, 0.5) is 5.69 Å². The summed E-state index contributed by atoms with van der Waals surface area (Å²) in [6.07, 6.45) is -0.114. The number of aryl methyl sites for hydroxylation is 1. The average molecular weight is 431 g/mol. The van der Waals surface area contributed by atoms with Gasteiger partial charge in [-0.3, -0.25) is 9.59 Å². The molecule has 1 aliphatic rings. The highest BCUT2D eigenvalue weighted by Gasteiger charge is 2.30. The monoisotopic (exact) mass is 430 g/mol. The molecule has 0 saturated heterocycles. The zero-order valence-electron chi connectivity index (χ0n) is 17.3. The molecule has 0 bridgehead atoms. The van der Waals surface area contributed by atoms with Crippen LogP contribution >= 0.6 is 0 Å². The van der Waals surface area contributed by atoms with Crippen LogP contribution in [0.1, 0.15) is 31.4 Å². The van der Waals surface area contributed by atoms with Crippen molar-refractivity contribution in [2.45, 2.75) is 43.9 Å². The maximum atomic E-state index is 13.2. The van der Waals surface area contributed by atoms with Crippen molar-refractivity contribution in [1.29, 1.82) is 0 Å². The number of benzene rings is 2. The maximum Gasteiger partial charge on any atom is 0.262 e. The molecule has 0 aromatic heterocycles. The fraction of sp³-hybridized carbons (Fsp3) is 0.364. The van der Waals surface area contributed by atoms with Crippen LogP contribution in [0.15, 0.2) is 47.4 Å². The van der Waals surface area contributed by atoms with E-state index in [1.165, 1.54) is 6.07 Å². The van der Waals surface area contributed by atoms with Crippen LogP contribution in [-0.4, -0.2) is 43.5 Å². The van der Waals surface area contributed by atoms with E-state index >= 15 is 0 Å². The van der Waals surface area contributed by atoms with E-state index in [0.717, 1.165) is 5.56 Å². The maximum absolute atomic E-state index is 13.2. The molecule has 8 heteroatoms. The van der Waals surface area contributed by atoms with Crippen molar-refractivity contribution in [1.82, 2.24) is 4.90 Å². The molecule has 1 heterocycles. The van der Waals surface area contributed by atoms with E-state index in [9.17, 15) is 18.0 Å². The Bertz CT molecular complexity index is 1050. The van der Waals surface area contributed by atoms with E-state index in [4.69, 9.17) is 4.74 Å². The Labute approximate surface area is 177 Å². The molecule has 2 amide bonds. The molecular weight excluding hydrogens is 404 g/mol. The summed E-state index contributed by atoms with van der Waals surface area (Å²) in [4.78, 5) is 26.1. The van der Waals surface area contributed by atoms with Crippen LogP contribution in [0.5, 0.6) is 5.75 Å². The number of hydrogen-bond acceptors (Lipinski definition) is 5. The van der Waals surface area contributed by atoms with Gasteiger partial charge in [-0.25, -0.2) is 8.42 Å². The number of amides is 2. The SMILES string of the molecule is CCN(Cc1ccccc1)C(=O)C[C@H](C)S(=O)(=O)c1cc2c(cc1C)NC(=O)CO2. The van der Waals surface area contributed by atoms with E-state index in [0.29, 0.717) is 30.1 Å². The quantitative estimate of drug-likeness (QED) is 0.729. The molecule has 3 rings (SSSR count). The van der Waals surface area contributed by atoms with Crippen LogP contribution in [0.25, 0.3) is 0 Å². The van der Waals surface area contributed by atoms with Crippen molar-refractivity contribution in [2.75, 3.05) is 18.5 Å². The fourth-order valence-electron chi connectivity index (χ4n) is 3.40. The molecule has 0 unspecified atom stereocenters. The lowest BCUT2D eigenvalue weighted by Crippen LogP contribution is -2.34. The summed E-state index contributed by atoms with van der Waals surface area (Å²) < 4.78 is 31.7. The number of fused-ring (bicyclic) bond motifs is 1. The highest BCUT2D eigenvalue weighted by atomic mass is 32.2. The van der Waals surface area contributed by atoms with Gasteiger partial charge in [0, 0.05) is 25.6 Å². The Hall–Kier alpha value is -2.87. The minimum absolute atomic E-state index is 0.114. The van der Waals surface area contributed by atoms with Crippen LogP contribution in [0, 0.1) is 6.92 Å². The normalized spacial score (nSPS) is 14.3. The summed E-state index contributed by atoms with van der Waals surface area (Å²) >= 11 is 0. The van der Waals surface area contributed by atoms with Gasteiger partial charge in [0.2, 0.25) is 5.91 Å². The van der Waals surface area contributed by atoms with Gasteiger partial charge in [0.15, 0.2) is 16.4 Å². The van der Waals surface area contributed by atoms with E-state index < -0.39 is 15.1 Å². The topological polar surface area (TPSA) is 92.8 Å². The molecule has 0 aliphatic carbocycles. The second-order valence-corrected chi connectivity index (χ2v) is 9.74. The number of nitrogens with zero attached hydrogens (tertiary/aromatic N) is 1. The Kier molecular flexibility index (Phi) is 6.45. The number of rotatable bonds is 7. The van der Waals surface area contributed by atoms with Gasteiger partial charge in [0.05, 0.1) is 15.8 Å². The predicted octanol–water partition coefficient (Wildman–Crippen LogP) is 2.93. The van der Waals surface area contributed by atoms with Crippen molar-refractivity contribution in [2.24, 2.45) is 0 Å². The standard InChI is InChI=1S/C22H26N2O5S/c1-4-24(13-17-8-6-5-7-9-17)22(26)11-16(3)30(27,28)20-12-19-18(10-15(20)2)23-21(25)14-29-19/h5-10,12,16H,4,11,13-14H2,1-3H3,(H,23,25)/t16-/m0/s1. The summed E-state index contributed by atoms with van der Waals surface area (Å²) in [5.41, 5.74) is 1.94. The van der Waals surface area contributed by atoms with Crippen LogP contribution < -0.4 is 10.1 Å². The average Bonchev–Trinajstić information content (AvgIpc) is 2.71. The van der Waals surface area contributed by atoms with Gasteiger partial charge in [0.25, 0.3) is 5.91 Å². The number of ether oxygens (including phenoxy) is 1. The Morgan fingerprint density at radius 3 is 2.60 bits per heavy atom. The first-order chi connectivity index (χ1) is 14.2. The molecule has 0 saturated carbocycles. The number of hydrogen-bond donors (Lipinski definition) is 1. The lowest BCUT2D eigenvalue weighted by molar-refractivity contribution is -0.131. The molecule has 30 heavy (non-hydrogen) atoms. The molecule has 0 spiro atoms. The third-order valence-electron chi connectivity index (χ3n) is 5.16. The molecular formula is C22H26N2O5S. The number of anilines is 1. The van der Waals surface area contributed by atoms with Gasteiger partial charge >= 0.3 is 0 Å². The molecule has 7 nitrogen and oxygen atoms in total. The van der Waals surface area contributed by atoms with Crippen molar-refractivity contribution in [3.8, 4) is 5.75 Å². The highest BCUT2D eigenvalue weighted by molar-refractivity contribution is 7.92. The number of nitrogens with one attached hydrogen (secondary N) is 1. The van der Waals surface area contributed by atoms with E-state index in [1.807, 2.05) is 37.3 Å². The lowest BCUT2D eigenvalue weighted by Gasteiger charge is -2.24. The molecule has 0 fully saturated rings. The summed E-state index contributed by atoms with van der Waals surface area (Å²) in [5, 5.41) is 1.77. The molecule has 1 atom stereocenters. The van der Waals surface area contributed by atoms with Gasteiger partial charge in [-0.05, 0) is 38.0 Å². The molecule has 1 N–H and O–H groups in total. The van der Waals surface area contributed by atoms with Crippen molar-refractivity contribution in [3.63, 3.8) is 0 Å². The minimum Gasteiger partial charge on any atom is -0.482 e. The first-order valence-corrected chi connectivity index (χ1v) is 11.4. The molecule has 160 valence electrons. The predicted molar refractivity (Wildman–Crippen MR) is 114 cm³/mol. The smallest absolute Gasteiger partial charge is 0.262 e. The van der Waals surface area contributed by atoms with Crippen LogP contribution in [-0.2, 0) is 26.0 Å². The number of sulfone groups is 1. The van der Waals surface area contributed by atoms with Crippen molar-refractivity contribution < 1.29 is 22.7 Å². The zero-order chi connectivity index (χ0) is 21.9. The van der Waals surface area contributed by atoms with Gasteiger partial charge in [-0.1, -0.05) is 30.3 Å². The second-order valence-electron chi connectivity index (χ2n) is 7.40. The third kappa shape index (κ3) is 4.64. The minimum atomic E-state index is -3.77. The molecule has 1 aliphatic heterocycles. The molecule has 2 aromatic rings. The first-order valence-electron chi connectivity index (χ1n) is 9.85. The number of carbonyl (C=O) groups is 2. The Morgan fingerprint density at radius 2 is 1.93 bits per heavy atom. The first kappa shape index (κ1) is 21.8. The lowest BCUT2D eigenvalue weighted by atomic mass is 10.2.